The van der Waals surface area contributed by atoms with Crippen molar-refractivity contribution < 1.29 is 24.2 Å². The van der Waals surface area contributed by atoms with Crippen molar-refractivity contribution in [2.45, 2.75) is 13.2 Å². The molecule has 1 unspecified atom stereocenters. The summed E-state index contributed by atoms with van der Waals surface area (Å²) >= 11 is 6.29. The third-order valence-corrected chi connectivity index (χ3v) is 5.53. The summed E-state index contributed by atoms with van der Waals surface area (Å²) in [5, 5.41) is 14.5. The molecule has 6 nitrogen and oxygen atoms in total. The molecule has 0 amide bonds. The third-order valence-electron chi connectivity index (χ3n) is 5.20. The molecule has 1 atom stereocenters. The van der Waals surface area contributed by atoms with Crippen LogP contribution in [-0.4, -0.2) is 29.7 Å². The average Bonchev–Trinajstić information content (AvgIpc) is 2.86. The van der Waals surface area contributed by atoms with E-state index in [1.807, 2.05) is 30.3 Å². The Morgan fingerprint density at radius 2 is 1.53 bits per heavy atom. The summed E-state index contributed by atoms with van der Waals surface area (Å²) in [6.45, 7) is 2.12. The number of ether oxygens (including phenoxy) is 2. The molecule has 0 heterocycles. The standard InChI is InChI=1S/C27H22ClNO5/c1-2-33-26(29-19-11-7-18(8-12-19)27(31)32)25(30)17-9-13-20(14-10-17)34-24-16-15-23(28)21-5-3-4-6-22(21)24/h3-16,26,29H,2H2,1H3,(H,31,32). The summed E-state index contributed by atoms with van der Waals surface area (Å²) in [6, 6.07) is 24.2. The maximum absolute atomic E-state index is 13.1. The van der Waals surface area contributed by atoms with Crippen LogP contribution in [0.15, 0.2) is 84.9 Å². The van der Waals surface area contributed by atoms with Gasteiger partial charge in [0.15, 0.2) is 6.23 Å². The van der Waals surface area contributed by atoms with E-state index < -0.39 is 12.2 Å². The van der Waals surface area contributed by atoms with Crippen molar-refractivity contribution >= 4 is 39.8 Å². The Kier molecular flexibility index (Phi) is 7.11. The minimum atomic E-state index is -1.02. The Morgan fingerprint density at radius 1 is 0.882 bits per heavy atom. The van der Waals surface area contributed by atoms with Crippen LogP contribution in [0.5, 0.6) is 11.5 Å². The second kappa shape index (κ2) is 10.4. The summed E-state index contributed by atoms with van der Waals surface area (Å²) in [4.78, 5) is 24.1. The van der Waals surface area contributed by atoms with Gasteiger partial charge in [0.25, 0.3) is 0 Å². The number of carboxylic acids is 1. The van der Waals surface area contributed by atoms with Crippen molar-refractivity contribution in [3.8, 4) is 11.5 Å². The molecule has 0 saturated carbocycles. The van der Waals surface area contributed by atoms with Crippen LogP contribution in [0.25, 0.3) is 10.8 Å². The van der Waals surface area contributed by atoms with Gasteiger partial charge in [-0.3, -0.25) is 4.79 Å². The number of Topliss-reactive ketones (excluding diaryl/α,β-unsaturated/α-hetero) is 1. The van der Waals surface area contributed by atoms with Gasteiger partial charge in [-0.1, -0.05) is 35.9 Å². The van der Waals surface area contributed by atoms with Crippen LogP contribution in [0.2, 0.25) is 5.02 Å². The molecular formula is C27H22ClNO5. The maximum Gasteiger partial charge on any atom is 0.335 e. The molecule has 4 aromatic rings. The number of anilines is 1. The van der Waals surface area contributed by atoms with E-state index in [0.717, 1.165) is 10.8 Å². The summed E-state index contributed by atoms with van der Waals surface area (Å²) in [7, 11) is 0. The third kappa shape index (κ3) is 5.20. The molecule has 0 aliphatic rings. The molecule has 4 rings (SSSR count). The molecule has 0 fully saturated rings. The highest BCUT2D eigenvalue weighted by Gasteiger charge is 2.21. The molecule has 0 radical (unpaired) electrons. The van der Waals surface area contributed by atoms with Crippen molar-refractivity contribution in [3.63, 3.8) is 0 Å². The topological polar surface area (TPSA) is 84.9 Å². The summed E-state index contributed by atoms with van der Waals surface area (Å²) in [6.07, 6.45) is -0.923. The first-order valence-electron chi connectivity index (χ1n) is 10.7. The zero-order valence-corrected chi connectivity index (χ0v) is 19.1. The molecule has 7 heteroatoms. The minimum absolute atomic E-state index is 0.161. The fraction of sp³-hybridized carbons (Fsp3) is 0.111. The van der Waals surface area contributed by atoms with Gasteiger partial charge in [0.1, 0.15) is 11.5 Å². The SMILES string of the molecule is CCOC(Nc1ccc(C(=O)O)cc1)C(=O)c1ccc(Oc2ccc(Cl)c3ccccc23)cc1. The average molecular weight is 476 g/mol. The van der Waals surface area contributed by atoms with Crippen molar-refractivity contribution in [2.24, 2.45) is 0 Å². The number of hydrogen-bond donors (Lipinski definition) is 2. The van der Waals surface area contributed by atoms with Crippen molar-refractivity contribution in [3.05, 3.63) is 101 Å². The Morgan fingerprint density at radius 3 is 2.18 bits per heavy atom. The lowest BCUT2D eigenvalue weighted by Gasteiger charge is -2.19. The van der Waals surface area contributed by atoms with E-state index in [9.17, 15) is 9.59 Å². The minimum Gasteiger partial charge on any atom is -0.478 e. The first kappa shape index (κ1) is 23.3. The molecule has 34 heavy (non-hydrogen) atoms. The lowest BCUT2D eigenvalue weighted by Crippen LogP contribution is -2.32. The fourth-order valence-corrected chi connectivity index (χ4v) is 3.73. The monoisotopic (exact) mass is 475 g/mol. The molecule has 0 aliphatic carbocycles. The predicted octanol–water partition coefficient (Wildman–Crippen LogP) is 6.64. The second-order valence-corrected chi connectivity index (χ2v) is 7.85. The molecular weight excluding hydrogens is 454 g/mol. The van der Waals surface area contributed by atoms with Crippen LogP contribution < -0.4 is 10.1 Å². The Labute approximate surface area is 201 Å². The highest BCUT2D eigenvalue weighted by atomic mass is 35.5. The van der Waals surface area contributed by atoms with Crippen LogP contribution >= 0.6 is 11.6 Å². The van der Waals surface area contributed by atoms with Crippen LogP contribution in [-0.2, 0) is 4.74 Å². The fourth-order valence-electron chi connectivity index (χ4n) is 3.50. The first-order chi connectivity index (χ1) is 16.5. The van der Waals surface area contributed by atoms with Crippen LogP contribution in [0.4, 0.5) is 5.69 Å². The second-order valence-electron chi connectivity index (χ2n) is 7.44. The number of benzene rings is 4. The van der Waals surface area contributed by atoms with Gasteiger partial charge >= 0.3 is 5.97 Å². The van der Waals surface area contributed by atoms with Crippen molar-refractivity contribution in [1.82, 2.24) is 0 Å². The Hall–Kier alpha value is -3.87. The van der Waals surface area contributed by atoms with Crippen molar-refractivity contribution in [1.29, 1.82) is 0 Å². The normalized spacial score (nSPS) is 11.7. The highest BCUT2D eigenvalue weighted by Crippen LogP contribution is 2.34. The van der Waals surface area contributed by atoms with Crippen LogP contribution in [0.1, 0.15) is 27.6 Å². The first-order valence-corrected chi connectivity index (χ1v) is 11.0. The van der Waals surface area contributed by atoms with E-state index in [0.29, 0.717) is 34.4 Å². The molecule has 0 aliphatic heterocycles. The molecule has 0 bridgehead atoms. The Balaban J connectivity index is 1.50. The maximum atomic E-state index is 13.1. The Bertz CT molecular complexity index is 1320. The predicted molar refractivity (Wildman–Crippen MR) is 132 cm³/mol. The molecule has 0 spiro atoms. The number of carboxylic acid groups (broad SMARTS) is 1. The van der Waals surface area contributed by atoms with E-state index >= 15 is 0 Å². The van der Waals surface area contributed by atoms with E-state index in [1.54, 1.807) is 49.4 Å². The molecule has 4 aromatic carbocycles. The summed E-state index contributed by atoms with van der Waals surface area (Å²) < 4.78 is 11.7. The van der Waals surface area contributed by atoms with Crippen LogP contribution in [0, 0.1) is 0 Å². The number of carbonyl (C=O) groups excluding carboxylic acids is 1. The zero-order chi connectivity index (χ0) is 24.1. The van der Waals surface area contributed by atoms with Gasteiger partial charge in [-0.2, -0.15) is 0 Å². The van der Waals surface area contributed by atoms with E-state index in [4.69, 9.17) is 26.2 Å². The smallest absolute Gasteiger partial charge is 0.335 e. The van der Waals surface area contributed by atoms with E-state index in [2.05, 4.69) is 5.32 Å². The number of aromatic carboxylic acids is 1. The molecule has 0 aromatic heterocycles. The van der Waals surface area contributed by atoms with Gasteiger partial charge in [0, 0.05) is 33.7 Å². The number of halogens is 1. The zero-order valence-electron chi connectivity index (χ0n) is 18.3. The number of nitrogens with one attached hydrogen (secondary N) is 1. The summed E-state index contributed by atoms with van der Waals surface area (Å²) in [5.41, 5.74) is 1.18. The highest BCUT2D eigenvalue weighted by molar-refractivity contribution is 6.35. The number of carbonyl (C=O) groups is 2. The number of ketones is 1. The van der Waals surface area contributed by atoms with Gasteiger partial charge in [0.2, 0.25) is 5.78 Å². The lowest BCUT2D eigenvalue weighted by molar-refractivity contribution is 0.0549. The molecule has 0 saturated heterocycles. The van der Waals surface area contributed by atoms with Crippen LogP contribution in [0.3, 0.4) is 0 Å². The number of fused-ring (bicyclic) bond motifs is 1. The van der Waals surface area contributed by atoms with Gasteiger partial charge in [-0.15, -0.1) is 0 Å². The van der Waals surface area contributed by atoms with Gasteiger partial charge in [-0.25, -0.2) is 4.79 Å². The number of rotatable bonds is 9. The van der Waals surface area contributed by atoms with E-state index in [-0.39, 0.29) is 11.3 Å². The largest absolute Gasteiger partial charge is 0.478 e. The van der Waals surface area contributed by atoms with Gasteiger partial charge < -0.3 is 19.9 Å². The summed E-state index contributed by atoms with van der Waals surface area (Å²) in [5.74, 6) is -0.0301. The van der Waals surface area contributed by atoms with Gasteiger partial charge in [-0.05, 0) is 67.6 Å². The lowest BCUT2D eigenvalue weighted by atomic mass is 10.1. The van der Waals surface area contributed by atoms with Crippen molar-refractivity contribution in [2.75, 3.05) is 11.9 Å². The number of hydrogen-bond acceptors (Lipinski definition) is 5. The molecule has 2 N–H and O–H groups in total. The quantitative estimate of drug-likeness (QED) is 0.208. The van der Waals surface area contributed by atoms with E-state index in [1.165, 1.54) is 12.1 Å². The molecule has 172 valence electrons. The van der Waals surface area contributed by atoms with Gasteiger partial charge in [0.05, 0.1) is 5.56 Å².